The van der Waals surface area contributed by atoms with Crippen molar-refractivity contribution in [3.8, 4) is 0 Å². The highest BCUT2D eigenvalue weighted by Gasteiger charge is 2.05. The number of pyridine rings is 1. The lowest BCUT2D eigenvalue weighted by atomic mass is 10.3. The van der Waals surface area contributed by atoms with E-state index in [-0.39, 0.29) is 1.43 Å². The zero-order chi connectivity index (χ0) is 7.52. The molecule has 0 aliphatic carbocycles. The minimum absolute atomic E-state index is 0. The van der Waals surface area contributed by atoms with E-state index in [1.807, 2.05) is 18.3 Å². The van der Waals surface area contributed by atoms with Crippen molar-refractivity contribution in [3.05, 3.63) is 30.1 Å². The monoisotopic (exact) mass is 149 g/mol. The van der Waals surface area contributed by atoms with Gasteiger partial charge in [0, 0.05) is 25.9 Å². The van der Waals surface area contributed by atoms with E-state index in [9.17, 15) is 0 Å². The Morgan fingerprint density at radius 2 is 2.55 bits per heavy atom. The fourth-order valence-corrected chi connectivity index (χ4v) is 1.09. The number of rotatable bonds is 1. The molecule has 3 heteroatoms. The van der Waals surface area contributed by atoms with Gasteiger partial charge in [-0.05, 0) is 12.1 Å². The number of nitrogens with one attached hydrogen (secondary N) is 1. The van der Waals surface area contributed by atoms with Gasteiger partial charge in [-0.2, -0.15) is 0 Å². The van der Waals surface area contributed by atoms with Crippen LogP contribution in [-0.2, 0) is 0 Å². The third-order valence-electron chi connectivity index (χ3n) is 1.61. The molecule has 1 aliphatic heterocycles. The summed E-state index contributed by atoms with van der Waals surface area (Å²) in [6, 6.07) is 3.92. The van der Waals surface area contributed by atoms with Gasteiger partial charge in [0.05, 0.1) is 6.54 Å². The van der Waals surface area contributed by atoms with Gasteiger partial charge < -0.3 is 5.32 Å². The lowest BCUT2D eigenvalue weighted by Gasteiger charge is -1.98. The van der Waals surface area contributed by atoms with Crippen molar-refractivity contribution in [2.45, 2.75) is 0 Å². The maximum absolute atomic E-state index is 4.27. The van der Waals surface area contributed by atoms with Crippen molar-refractivity contribution in [2.24, 2.45) is 4.99 Å². The molecule has 0 fully saturated rings. The quantitative estimate of drug-likeness (QED) is 0.637. The largest absolute Gasteiger partial charge is 0.368 e. The predicted molar refractivity (Wildman–Crippen MR) is 45.8 cm³/mol. The van der Waals surface area contributed by atoms with Crippen LogP contribution >= 0.6 is 0 Å². The Morgan fingerprint density at radius 3 is 3.18 bits per heavy atom. The fraction of sp³-hybridized carbons (Fsp3) is 0.250. The first-order chi connectivity index (χ1) is 5.47. The summed E-state index contributed by atoms with van der Waals surface area (Å²) in [6.07, 6.45) is 3.58. The maximum Gasteiger partial charge on any atom is 0.129 e. The minimum Gasteiger partial charge on any atom is -0.368 e. The summed E-state index contributed by atoms with van der Waals surface area (Å²) in [6.45, 7) is 1.83. The number of hydrogen-bond donors (Lipinski definition) is 1. The summed E-state index contributed by atoms with van der Waals surface area (Å²) in [7, 11) is 0. The molecule has 2 heterocycles. The van der Waals surface area contributed by atoms with Crippen LogP contribution in [-0.4, -0.2) is 23.9 Å². The molecule has 0 saturated heterocycles. The van der Waals surface area contributed by atoms with E-state index in [1.54, 1.807) is 6.20 Å². The Morgan fingerprint density at radius 1 is 1.55 bits per heavy atom. The summed E-state index contributed by atoms with van der Waals surface area (Å²) in [5.74, 6) is 0.970. The molecular weight excluding hydrogens is 138 g/mol. The van der Waals surface area contributed by atoms with Gasteiger partial charge in [0.2, 0.25) is 0 Å². The molecule has 0 saturated carbocycles. The van der Waals surface area contributed by atoms with Crippen molar-refractivity contribution < 1.29 is 1.43 Å². The van der Waals surface area contributed by atoms with Gasteiger partial charge in [-0.1, -0.05) is 0 Å². The van der Waals surface area contributed by atoms with Crippen LogP contribution in [0.1, 0.15) is 6.99 Å². The van der Waals surface area contributed by atoms with Crippen molar-refractivity contribution >= 4 is 5.84 Å². The van der Waals surface area contributed by atoms with Gasteiger partial charge in [0.25, 0.3) is 0 Å². The van der Waals surface area contributed by atoms with Crippen LogP contribution in [0.5, 0.6) is 0 Å². The van der Waals surface area contributed by atoms with Gasteiger partial charge in [-0.25, -0.2) is 0 Å². The summed E-state index contributed by atoms with van der Waals surface area (Å²) in [4.78, 5) is 8.28. The van der Waals surface area contributed by atoms with Crippen molar-refractivity contribution in [1.82, 2.24) is 10.3 Å². The standard InChI is InChI=1S/C8H9N3.H2/c1-2-7(6-9-3-1)8-10-4-5-11-8;/h1-3,6H,4-5H2,(H,10,11);1H. The zero-order valence-corrected chi connectivity index (χ0v) is 6.12. The number of aliphatic imine (C=N–C) groups is 1. The first-order valence-corrected chi connectivity index (χ1v) is 3.65. The first kappa shape index (κ1) is 6.34. The SMILES string of the molecule is [HH].c1cncc(C2=NCCN2)c1. The van der Waals surface area contributed by atoms with E-state index in [1.165, 1.54) is 0 Å². The summed E-state index contributed by atoms with van der Waals surface area (Å²) in [5, 5.41) is 3.18. The van der Waals surface area contributed by atoms with E-state index >= 15 is 0 Å². The number of aromatic nitrogens is 1. The minimum atomic E-state index is 0. The van der Waals surface area contributed by atoms with Gasteiger partial charge in [-0.3, -0.25) is 9.98 Å². The molecule has 58 valence electrons. The Hall–Kier alpha value is -1.38. The van der Waals surface area contributed by atoms with Crippen LogP contribution in [0.4, 0.5) is 0 Å². The van der Waals surface area contributed by atoms with Crippen molar-refractivity contribution in [2.75, 3.05) is 13.1 Å². The second kappa shape index (κ2) is 2.70. The van der Waals surface area contributed by atoms with Gasteiger partial charge in [0.1, 0.15) is 5.84 Å². The highest BCUT2D eigenvalue weighted by molar-refractivity contribution is 5.99. The highest BCUT2D eigenvalue weighted by atomic mass is 15.1. The molecule has 0 aromatic carbocycles. The van der Waals surface area contributed by atoms with Crippen LogP contribution < -0.4 is 5.32 Å². The molecule has 0 radical (unpaired) electrons. The van der Waals surface area contributed by atoms with Crippen LogP contribution in [0, 0.1) is 0 Å². The average Bonchev–Trinajstić information content (AvgIpc) is 2.58. The van der Waals surface area contributed by atoms with E-state index in [0.717, 1.165) is 24.5 Å². The predicted octanol–water partition coefficient (Wildman–Crippen LogP) is 0.677. The molecule has 0 unspecified atom stereocenters. The molecule has 0 spiro atoms. The number of hydrogen-bond acceptors (Lipinski definition) is 3. The zero-order valence-electron chi connectivity index (χ0n) is 6.12. The average molecular weight is 149 g/mol. The second-order valence-corrected chi connectivity index (χ2v) is 2.40. The maximum atomic E-state index is 4.27. The molecule has 0 amide bonds. The van der Waals surface area contributed by atoms with E-state index in [0.29, 0.717) is 0 Å². The molecule has 11 heavy (non-hydrogen) atoms. The molecule has 2 rings (SSSR count). The highest BCUT2D eigenvalue weighted by Crippen LogP contribution is 1.99. The fourth-order valence-electron chi connectivity index (χ4n) is 1.09. The van der Waals surface area contributed by atoms with Crippen LogP contribution in [0.3, 0.4) is 0 Å². The molecule has 1 N–H and O–H groups in total. The Labute approximate surface area is 66.7 Å². The Bertz CT molecular complexity index is 271. The molecule has 0 bridgehead atoms. The number of amidine groups is 1. The third kappa shape index (κ3) is 1.22. The van der Waals surface area contributed by atoms with Crippen molar-refractivity contribution in [1.29, 1.82) is 0 Å². The van der Waals surface area contributed by atoms with Gasteiger partial charge in [0.15, 0.2) is 0 Å². The van der Waals surface area contributed by atoms with Gasteiger partial charge in [-0.15, -0.1) is 0 Å². The van der Waals surface area contributed by atoms with Gasteiger partial charge >= 0.3 is 0 Å². The van der Waals surface area contributed by atoms with Crippen LogP contribution in [0.2, 0.25) is 0 Å². The third-order valence-corrected chi connectivity index (χ3v) is 1.61. The second-order valence-electron chi connectivity index (χ2n) is 2.40. The normalized spacial score (nSPS) is 15.8. The molecule has 1 aromatic rings. The van der Waals surface area contributed by atoms with Crippen LogP contribution in [0.25, 0.3) is 0 Å². The summed E-state index contributed by atoms with van der Waals surface area (Å²) >= 11 is 0. The van der Waals surface area contributed by atoms with E-state index < -0.39 is 0 Å². The molecule has 0 atom stereocenters. The summed E-state index contributed by atoms with van der Waals surface area (Å²) in [5.41, 5.74) is 1.07. The van der Waals surface area contributed by atoms with Crippen molar-refractivity contribution in [3.63, 3.8) is 0 Å². The van der Waals surface area contributed by atoms with E-state index in [2.05, 4.69) is 15.3 Å². The number of nitrogens with zero attached hydrogens (tertiary/aromatic N) is 2. The molecular formula is C8H11N3. The molecule has 1 aromatic heterocycles. The molecule has 1 aliphatic rings. The molecule has 3 nitrogen and oxygen atoms in total. The van der Waals surface area contributed by atoms with E-state index in [4.69, 9.17) is 0 Å². The summed E-state index contributed by atoms with van der Waals surface area (Å²) < 4.78 is 0. The lowest BCUT2D eigenvalue weighted by molar-refractivity contribution is 0.959. The topological polar surface area (TPSA) is 37.3 Å². The lowest BCUT2D eigenvalue weighted by Crippen LogP contribution is -2.19. The first-order valence-electron chi connectivity index (χ1n) is 3.65. The smallest absolute Gasteiger partial charge is 0.129 e. The Kier molecular flexibility index (Phi) is 1.55. The van der Waals surface area contributed by atoms with Crippen LogP contribution in [0.15, 0.2) is 29.5 Å². The Balaban J connectivity index is 0.000000720.